The SMILES string of the molecule is CC(=O)N1CCc2cc(C(=O)Cn3nc(-c4ccccc4F)ccc3=O)ccc21. The second-order valence-electron chi connectivity index (χ2n) is 6.88. The molecule has 0 unspecified atom stereocenters. The van der Waals surface area contributed by atoms with Crippen LogP contribution in [0.1, 0.15) is 22.8 Å². The Morgan fingerprint density at radius 1 is 1.10 bits per heavy atom. The van der Waals surface area contributed by atoms with Crippen molar-refractivity contribution in [1.82, 2.24) is 9.78 Å². The first kappa shape index (κ1) is 18.7. The summed E-state index contributed by atoms with van der Waals surface area (Å²) in [6.07, 6.45) is 0.678. The van der Waals surface area contributed by atoms with Gasteiger partial charge in [0.05, 0.1) is 5.69 Å². The molecule has 3 aromatic rings. The van der Waals surface area contributed by atoms with Crippen LogP contribution in [-0.2, 0) is 17.8 Å². The van der Waals surface area contributed by atoms with E-state index in [-0.39, 0.29) is 29.5 Å². The van der Waals surface area contributed by atoms with Gasteiger partial charge in [0, 0.05) is 36.3 Å². The number of Topliss-reactive ketones (excluding diaryl/α,β-unsaturated/α-hetero) is 1. The lowest BCUT2D eigenvalue weighted by atomic mass is 10.1. The Bertz CT molecular complexity index is 1190. The van der Waals surface area contributed by atoms with E-state index in [0.717, 1.165) is 15.9 Å². The van der Waals surface area contributed by atoms with Crippen molar-refractivity contribution in [2.24, 2.45) is 0 Å². The van der Waals surface area contributed by atoms with Gasteiger partial charge in [-0.2, -0.15) is 5.10 Å². The quantitative estimate of drug-likeness (QED) is 0.641. The van der Waals surface area contributed by atoms with Crippen molar-refractivity contribution in [3.8, 4) is 11.3 Å². The van der Waals surface area contributed by atoms with Gasteiger partial charge in [-0.05, 0) is 48.4 Å². The van der Waals surface area contributed by atoms with E-state index >= 15 is 0 Å². The molecule has 1 aromatic heterocycles. The maximum absolute atomic E-state index is 14.0. The number of nitrogens with zero attached hydrogens (tertiary/aromatic N) is 3. The zero-order chi connectivity index (χ0) is 20.5. The molecular formula is C22H18FN3O3. The molecule has 0 bridgehead atoms. The van der Waals surface area contributed by atoms with Gasteiger partial charge >= 0.3 is 0 Å². The van der Waals surface area contributed by atoms with E-state index < -0.39 is 11.4 Å². The van der Waals surface area contributed by atoms with Gasteiger partial charge in [0.1, 0.15) is 12.4 Å². The van der Waals surface area contributed by atoms with Crippen LogP contribution in [0.25, 0.3) is 11.3 Å². The first-order valence-electron chi connectivity index (χ1n) is 9.21. The number of anilines is 1. The predicted molar refractivity (Wildman–Crippen MR) is 106 cm³/mol. The Morgan fingerprint density at radius 2 is 1.90 bits per heavy atom. The van der Waals surface area contributed by atoms with E-state index in [1.165, 1.54) is 25.1 Å². The fourth-order valence-corrected chi connectivity index (χ4v) is 3.50. The highest BCUT2D eigenvalue weighted by molar-refractivity contribution is 5.98. The van der Waals surface area contributed by atoms with Gasteiger partial charge in [-0.3, -0.25) is 14.4 Å². The van der Waals surface area contributed by atoms with Gasteiger partial charge in [-0.1, -0.05) is 12.1 Å². The lowest BCUT2D eigenvalue weighted by Gasteiger charge is -2.14. The molecule has 0 atom stereocenters. The van der Waals surface area contributed by atoms with Crippen LogP contribution in [0.2, 0.25) is 0 Å². The summed E-state index contributed by atoms with van der Waals surface area (Å²) in [4.78, 5) is 38.3. The number of amides is 1. The molecule has 1 aliphatic rings. The Balaban J connectivity index is 1.61. The average Bonchev–Trinajstić information content (AvgIpc) is 3.13. The summed E-state index contributed by atoms with van der Waals surface area (Å²) in [6.45, 7) is 1.85. The molecule has 0 saturated heterocycles. The van der Waals surface area contributed by atoms with Crippen LogP contribution in [0.5, 0.6) is 0 Å². The second kappa shape index (κ2) is 7.43. The van der Waals surface area contributed by atoms with Gasteiger partial charge in [0.25, 0.3) is 5.56 Å². The number of ketones is 1. The highest BCUT2D eigenvalue weighted by Gasteiger charge is 2.23. The van der Waals surface area contributed by atoms with E-state index in [0.29, 0.717) is 18.5 Å². The van der Waals surface area contributed by atoms with E-state index in [4.69, 9.17) is 0 Å². The van der Waals surface area contributed by atoms with Gasteiger partial charge in [-0.25, -0.2) is 9.07 Å². The largest absolute Gasteiger partial charge is 0.312 e. The molecule has 7 heteroatoms. The molecule has 2 heterocycles. The van der Waals surface area contributed by atoms with Crippen LogP contribution in [0.3, 0.4) is 0 Å². The summed E-state index contributed by atoms with van der Waals surface area (Å²) in [5, 5.41) is 4.17. The molecule has 0 radical (unpaired) electrons. The molecule has 6 nitrogen and oxygen atoms in total. The zero-order valence-corrected chi connectivity index (χ0v) is 15.8. The summed E-state index contributed by atoms with van der Waals surface area (Å²) in [6, 6.07) is 14.0. The highest BCUT2D eigenvalue weighted by atomic mass is 19.1. The zero-order valence-electron chi connectivity index (χ0n) is 15.8. The molecule has 0 fully saturated rings. The number of aromatic nitrogens is 2. The molecule has 146 valence electrons. The third-order valence-corrected chi connectivity index (χ3v) is 4.99. The minimum absolute atomic E-state index is 0.0384. The lowest BCUT2D eigenvalue weighted by Crippen LogP contribution is -2.26. The summed E-state index contributed by atoms with van der Waals surface area (Å²) in [5.74, 6) is -0.775. The van der Waals surface area contributed by atoms with E-state index in [1.54, 1.807) is 41.3 Å². The van der Waals surface area contributed by atoms with E-state index in [1.807, 2.05) is 0 Å². The third kappa shape index (κ3) is 3.59. The Kier molecular flexibility index (Phi) is 4.80. The summed E-state index contributed by atoms with van der Waals surface area (Å²) < 4.78 is 15.1. The van der Waals surface area contributed by atoms with Crippen LogP contribution in [0.4, 0.5) is 10.1 Å². The number of rotatable bonds is 4. The monoisotopic (exact) mass is 391 g/mol. The molecule has 1 amide bonds. The smallest absolute Gasteiger partial charge is 0.267 e. The van der Waals surface area contributed by atoms with Crippen molar-refractivity contribution in [2.75, 3.05) is 11.4 Å². The van der Waals surface area contributed by atoms with Crippen LogP contribution >= 0.6 is 0 Å². The molecule has 0 saturated carbocycles. The van der Waals surface area contributed by atoms with Crippen molar-refractivity contribution in [2.45, 2.75) is 19.9 Å². The van der Waals surface area contributed by atoms with Crippen molar-refractivity contribution in [1.29, 1.82) is 0 Å². The van der Waals surface area contributed by atoms with Crippen LogP contribution in [-0.4, -0.2) is 28.0 Å². The number of halogens is 1. The molecule has 2 aromatic carbocycles. The van der Waals surface area contributed by atoms with Crippen molar-refractivity contribution < 1.29 is 14.0 Å². The predicted octanol–water partition coefficient (Wildman–Crippen LogP) is 2.84. The first-order chi connectivity index (χ1) is 13.9. The van der Waals surface area contributed by atoms with Gasteiger partial charge in [0.15, 0.2) is 5.78 Å². The van der Waals surface area contributed by atoms with Crippen molar-refractivity contribution in [3.05, 3.63) is 81.9 Å². The standard InChI is InChI=1S/C22H18FN3O3/c1-14(27)25-11-10-15-12-16(6-8-20(15)25)21(28)13-26-22(29)9-7-19(24-26)17-4-2-3-5-18(17)23/h2-9,12H,10-11,13H2,1H3. The molecule has 1 aliphatic heterocycles. The topological polar surface area (TPSA) is 72.3 Å². The van der Waals surface area contributed by atoms with Crippen molar-refractivity contribution >= 4 is 17.4 Å². The summed E-state index contributed by atoms with van der Waals surface area (Å²) in [5.41, 5.74) is 2.27. The summed E-state index contributed by atoms with van der Waals surface area (Å²) >= 11 is 0. The fraction of sp³-hybridized carbons (Fsp3) is 0.182. The highest BCUT2D eigenvalue weighted by Crippen LogP contribution is 2.29. The second-order valence-corrected chi connectivity index (χ2v) is 6.88. The normalized spacial score (nSPS) is 12.7. The first-order valence-corrected chi connectivity index (χ1v) is 9.21. The maximum Gasteiger partial charge on any atom is 0.267 e. The Morgan fingerprint density at radius 3 is 2.66 bits per heavy atom. The van der Waals surface area contributed by atoms with Gasteiger partial charge < -0.3 is 4.90 Å². The molecule has 0 aliphatic carbocycles. The molecule has 4 rings (SSSR count). The van der Waals surface area contributed by atoms with E-state index in [9.17, 15) is 18.8 Å². The molecule has 29 heavy (non-hydrogen) atoms. The fourth-order valence-electron chi connectivity index (χ4n) is 3.50. The minimum atomic E-state index is -0.454. The number of carbonyl (C=O) groups is 2. The Labute approximate surface area is 166 Å². The molecule has 0 N–H and O–H groups in total. The van der Waals surface area contributed by atoms with Crippen LogP contribution < -0.4 is 10.5 Å². The number of benzene rings is 2. The number of hydrogen-bond acceptors (Lipinski definition) is 4. The third-order valence-electron chi connectivity index (χ3n) is 4.99. The Hall–Kier alpha value is -3.61. The number of carbonyl (C=O) groups excluding carboxylic acids is 2. The van der Waals surface area contributed by atoms with Crippen molar-refractivity contribution in [3.63, 3.8) is 0 Å². The van der Waals surface area contributed by atoms with Crippen LogP contribution in [0.15, 0.2) is 59.4 Å². The summed E-state index contributed by atoms with van der Waals surface area (Å²) in [7, 11) is 0. The number of fused-ring (bicyclic) bond motifs is 1. The van der Waals surface area contributed by atoms with Gasteiger partial charge in [-0.15, -0.1) is 0 Å². The lowest BCUT2D eigenvalue weighted by molar-refractivity contribution is -0.116. The molecule has 0 spiro atoms. The minimum Gasteiger partial charge on any atom is -0.312 e. The van der Waals surface area contributed by atoms with E-state index in [2.05, 4.69) is 5.10 Å². The van der Waals surface area contributed by atoms with Crippen LogP contribution in [0, 0.1) is 5.82 Å². The number of hydrogen-bond donors (Lipinski definition) is 0. The maximum atomic E-state index is 14.0. The molecular weight excluding hydrogens is 373 g/mol. The average molecular weight is 391 g/mol. The van der Waals surface area contributed by atoms with Gasteiger partial charge in [0.2, 0.25) is 5.91 Å².